The summed E-state index contributed by atoms with van der Waals surface area (Å²) in [6.07, 6.45) is 31.3. The third kappa shape index (κ3) is 21.6. The summed E-state index contributed by atoms with van der Waals surface area (Å²) in [7, 11) is 2.35. The average Bonchev–Trinajstić information content (AvgIpc) is 2.80. The zero-order valence-corrected chi connectivity index (χ0v) is 25.3. The molecule has 210 valence electrons. The molecule has 0 amide bonds. The molecule has 0 fully saturated rings. The second kappa shape index (κ2) is 23.0. The van der Waals surface area contributed by atoms with Gasteiger partial charge in [-0.05, 0) is 38.5 Å². The molecule has 2 atom stereocenters. The summed E-state index contributed by atoms with van der Waals surface area (Å²) >= 11 is 0. The summed E-state index contributed by atoms with van der Waals surface area (Å²) in [4.78, 5) is 10.4. The van der Waals surface area contributed by atoms with Gasteiger partial charge < -0.3 is 13.9 Å². The summed E-state index contributed by atoms with van der Waals surface area (Å²) < 4.78 is 18.6. The normalized spacial score (nSPS) is 15.0. The molecule has 0 aliphatic rings. The van der Waals surface area contributed by atoms with Gasteiger partial charge >= 0.3 is 7.60 Å². The van der Waals surface area contributed by atoms with Crippen molar-refractivity contribution in [3.05, 3.63) is 12.2 Å². The Labute approximate surface area is 220 Å². The Bertz CT molecular complexity index is 530. The van der Waals surface area contributed by atoms with Crippen LogP contribution >= 0.6 is 7.60 Å². The Morgan fingerprint density at radius 1 is 0.657 bits per heavy atom. The minimum absolute atomic E-state index is 0.335. The molecule has 5 heteroatoms. The van der Waals surface area contributed by atoms with E-state index in [1.807, 2.05) is 21.1 Å². The first kappa shape index (κ1) is 34.9. The number of allylic oxidation sites excluding steroid dienone is 2. The van der Waals surface area contributed by atoms with Gasteiger partial charge in [0.05, 0.1) is 27.7 Å². The van der Waals surface area contributed by atoms with E-state index in [0.717, 1.165) is 19.3 Å². The van der Waals surface area contributed by atoms with Gasteiger partial charge in [0.25, 0.3) is 0 Å². The molecule has 4 nitrogen and oxygen atoms in total. The minimum Gasteiger partial charge on any atom is -0.320 e. The van der Waals surface area contributed by atoms with Gasteiger partial charge in [0.1, 0.15) is 0 Å². The van der Waals surface area contributed by atoms with Gasteiger partial charge in [0, 0.05) is 6.42 Å². The lowest BCUT2D eigenvalue weighted by Crippen LogP contribution is -2.45. The lowest BCUT2D eigenvalue weighted by Gasteiger charge is -2.35. The SMILES string of the molecule is CCCCCCCCCCC=CCCCCCCCCCCCOP(=O)(O)C(CCC)[N+](C)(C)C. The van der Waals surface area contributed by atoms with E-state index in [4.69, 9.17) is 4.52 Å². The molecule has 0 aromatic rings. The molecule has 35 heavy (non-hydrogen) atoms. The summed E-state index contributed by atoms with van der Waals surface area (Å²) in [5, 5.41) is 0. The van der Waals surface area contributed by atoms with Crippen LogP contribution in [0.3, 0.4) is 0 Å². The van der Waals surface area contributed by atoms with E-state index in [1.165, 1.54) is 109 Å². The quantitative estimate of drug-likeness (QED) is 0.0538. The van der Waals surface area contributed by atoms with Gasteiger partial charge in [-0.15, -0.1) is 0 Å². The molecule has 0 aromatic carbocycles. The molecule has 0 aliphatic carbocycles. The molecule has 0 saturated carbocycles. The van der Waals surface area contributed by atoms with Crippen LogP contribution in [0.4, 0.5) is 0 Å². The zero-order valence-electron chi connectivity index (χ0n) is 24.4. The summed E-state index contributed by atoms with van der Waals surface area (Å²) in [5.74, 6) is -0.335. The van der Waals surface area contributed by atoms with Gasteiger partial charge in [-0.2, -0.15) is 0 Å². The fourth-order valence-electron chi connectivity index (χ4n) is 4.76. The molecular weight excluding hydrogens is 453 g/mol. The molecule has 0 bridgehead atoms. The minimum atomic E-state index is -3.57. The molecule has 0 spiro atoms. The van der Waals surface area contributed by atoms with Gasteiger partial charge in [0.2, 0.25) is 0 Å². The Balaban J connectivity index is 3.47. The van der Waals surface area contributed by atoms with E-state index in [-0.39, 0.29) is 5.78 Å². The van der Waals surface area contributed by atoms with Crippen molar-refractivity contribution in [2.24, 2.45) is 0 Å². The Morgan fingerprint density at radius 2 is 1.06 bits per heavy atom. The van der Waals surface area contributed by atoms with Crippen molar-refractivity contribution in [1.29, 1.82) is 0 Å². The number of nitrogens with zero attached hydrogens (tertiary/aromatic N) is 1. The molecular formula is C30H63NO3P+. The molecule has 1 N–H and O–H groups in total. The predicted molar refractivity (Wildman–Crippen MR) is 155 cm³/mol. The largest absolute Gasteiger partial charge is 0.385 e. The zero-order chi connectivity index (χ0) is 26.3. The van der Waals surface area contributed by atoms with Crippen molar-refractivity contribution < 1.29 is 18.5 Å². The highest BCUT2D eigenvalue weighted by molar-refractivity contribution is 7.53. The van der Waals surface area contributed by atoms with Crippen LogP contribution < -0.4 is 0 Å². The van der Waals surface area contributed by atoms with Crippen LogP contribution in [-0.4, -0.2) is 42.9 Å². The smallest absolute Gasteiger partial charge is 0.320 e. The van der Waals surface area contributed by atoms with Gasteiger partial charge in [0.15, 0.2) is 5.78 Å². The highest BCUT2D eigenvalue weighted by Crippen LogP contribution is 2.51. The first-order valence-corrected chi connectivity index (χ1v) is 16.8. The average molecular weight is 517 g/mol. The lowest BCUT2D eigenvalue weighted by molar-refractivity contribution is -0.883. The number of hydrogen-bond acceptors (Lipinski definition) is 2. The van der Waals surface area contributed by atoms with Gasteiger partial charge in [-0.3, -0.25) is 4.57 Å². The van der Waals surface area contributed by atoms with E-state index in [1.54, 1.807) is 0 Å². The van der Waals surface area contributed by atoms with Crippen molar-refractivity contribution in [2.45, 2.75) is 154 Å². The molecule has 0 aromatic heterocycles. The highest BCUT2D eigenvalue weighted by Gasteiger charge is 2.41. The third-order valence-electron chi connectivity index (χ3n) is 7.00. The topological polar surface area (TPSA) is 46.5 Å². The molecule has 0 heterocycles. The highest BCUT2D eigenvalue weighted by atomic mass is 31.2. The van der Waals surface area contributed by atoms with Gasteiger partial charge in [-0.25, -0.2) is 0 Å². The Hall–Kier alpha value is -0.150. The Morgan fingerprint density at radius 3 is 1.46 bits per heavy atom. The van der Waals surface area contributed by atoms with E-state index in [0.29, 0.717) is 17.5 Å². The molecule has 0 aliphatic heterocycles. The second-order valence-corrected chi connectivity index (χ2v) is 13.5. The van der Waals surface area contributed by atoms with Crippen LogP contribution in [0.25, 0.3) is 0 Å². The lowest BCUT2D eigenvalue weighted by atomic mass is 10.1. The molecule has 0 rings (SSSR count). The van der Waals surface area contributed by atoms with E-state index in [9.17, 15) is 9.46 Å². The second-order valence-electron chi connectivity index (χ2n) is 11.5. The van der Waals surface area contributed by atoms with Crippen LogP contribution in [-0.2, 0) is 9.09 Å². The monoisotopic (exact) mass is 516 g/mol. The summed E-state index contributed by atoms with van der Waals surface area (Å²) in [6.45, 7) is 4.74. The van der Waals surface area contributed by atoms with Crippen molar-refractivity contribution in [3.63, 3.8) is 0 Å². The van der Waals surface area contributed by atoms with Gasteiger partial charge in [-0.1, -0.05) is 116 Å². The molecule has 0 radical (unpaired) electrons. The number of unbranched alkanes of at least 4 members (excludes halogenated alkanes) is 17. The van der Waals surface area contributed by atoms with Crippen LogP contribution in [0.2, 0.25) is 0 Å². The van der Waals surface area contributed by atoms with Crippen LogP contribution in [0.15, 0.2) is 12.2 Å². The number of rotatable bonds is 26. The summed E-state index contributed by atoms with van der Waals surface area (Å²) in [5.41, 5.74) is 0. The van der Waals surface area contributed by atoms with Crippen molar-refractivity contribution in [1.82, 2.24) is 0 Å². The fraction of sp³-hybridized carbons (Fsp3) is 0.933. The maximum atomic E-state index is 12.7. The number of hydrogen-bond donors (Lipinski definition) is 1. The molecule has 0 saturated heterocycles. The predicted octanol–water partition coefficient (Wildman–Crippen LogP) is 10.0. The van der Waals surface area contributed by atoms with Crippen molar-refractivity contribution >= 4 is 7.60 Å². The first-order chi connectivity index (χ1) is 16.8. The first-order valence-electron chi connectivity index (χ1n) is 15.2. The molecule has 2 unspecified atom stereocenters. The van der Waals surface area contributed by atoms with Crippen LogP contribution in [0.5, 0.6) is 0 Å². The maximum Gasteiger partial charge on any atom is 0.385 e. The standard InChI is InChI=1S/C30H62NO3P/c1-6-8-9-10-11-12-13-14-15-16-17-18-19-20-21-22-23-24-25-26-27-29-34-35(32,33)30(28-7-2)31(3,4)5/h16-17,30H,6-15,18-29H2,1-5H3/p+1. The van der Waals surface area contributed by atoms with E-state index >= 15 is 0 Å². The number of quaternary nitrogens is 1. The Kier molecular flexibility index (Phi) is 22.9. The van der Waals surface area contributed by atoms with E-state index < -0.39 is 7.60 Å². The van der Waals surface area contributed by atoms with Crippen molar-refractivity contribution in [3.8, 4) is 0 Å². The van der Waals surface area contributed by atoms with Crippen LogP contribution in [0.1, 0.15) is 149 Å². The fourth-order valence-corrected chi connectivity index (χ4v) is 6.78. The van der Waals surface area contributed by atoms with Crippen molar-refractivity contribution in [2.75, 3.05) is 27.7 Å². The summed E-state index contributed by atoms with van der Waals surface area (Å²) in [6, 6.07) is 0. The van der Waals surface area contributed by atoms with E-state index in [2.05, 4.69) is 26.0 Å². The third-order valence-corrected chi connectivity index (χ3v) is 9.26. The van der Waals surface area contributed by atoms with Crippen LogP contribution in [0, 0.1) is 0 Å². The maximum absolute atomic E-state index is 12.7.